The van der Waals surface area contributed by atoms with E-state index >= 15 is 0 Å². The van der Waals surface area contributed by atoms with Gasteiger partial charge in [-0.05, 0) is 30.4 Å². The highest BCUT2D eigenvalue weighted by molar-refractivity contribution is 5.85. The molecule has 1 N–H and O–H groups in total. The van der Waals surface area contributed by atoms with E-state index in [-0.39, 0.29) is 5.69 Å². The van der Waals surface area contributed by atoms with E-state index in [4.69, 9.17) is 9.63 Å². The van der Waals surface area contributed by atoms with Crippen LogP contribution in [0.25, 0.3) is 5.65 Å². The summed E-state index contributed by atoms with van der Waals surface area (Å²) < 4.78 is 7.03. The lowest BCUT2D eigenvalue weighted by Gasteiger charge is -1.98. The van der Waals surface area contributed by atoms with Gasteiger partial charge in [-0.15, -0.1) is 0 Å². The first-order valence-electron chi connectivity index (χ1n) is 6.85. The van der Waals surface area contributed by atoms with Gasteiger partial charge in [-0.2, -0.15) is 0 Å². The highest BCUT2D eigenvalue weighted by Gasteiger charge is 2.23. The molecule has 1 aliphatic carbocycles. The number of aromatic carboxylic acids is 1. The zero-order valence-corrected chi connectivity index (χ0v) is 11.2. The second-order valence-electron chi connectivity index (χ2n) is 5.39. The Balaban J connectivity index is 1.61. The summed E-state index contributed by atoms with van der Waals surface area (Å²) in [4.78, 5) is 15.3. The molecule has 0 bridgehead atoms. The molecule has 0 aliphatic heterocycles. The van der Waals surface area contributed by atoms with Gasteiger partial charge in [0.1, 0.15) is 11.4 Å². The topological polar surface area (TPSA) is 80.6 Å². The molecule has 1 saturated carbocycles. The van der Waals surface area contributed by atoms with Gasteiger partial charge in [0.15, 0.2) is 5.69 Å². The van der Waals surface area contributed by atoms with Crippen molar-refractivity contribution in [2.75, 3.05) is 0 Å². The van der Waals surface area contributed by atoms with Gasteiger partial charge in [-0.1, -0.05) is 11.2 Å². The second kappa shape index (κ2) is 4.44. The van der Waals surface area contributed by atoms with Crippen LogP contribution < -0.4 is 0 Å². The van der Waals surface area contributed by atoms with E-state index in [1.54, 1.807) is 0 Å². The molecule has 0 aromatic carbocycles. The molecule has 1 fully saturated rings. The van der Waals surface area contributed by atoms with Crippen molar-refractivity contribution in [2.24, 2.45) is 0 Å². The lowest BCUT2D eigenvalue weighted by molar-refractivity contribution is 0.0685. The molecule has 6 heteroatoms. The third kappa shape index (κ3) is 2.29. The number of rotatable bonds is 4. The zero-order valence-electron chi connectivity index (χ0n) is 11.2. The van der Waals surface area contributed by atoms with Crippen molar-refractivity contribution in [1.82, 2.24) is 14.5 Å². The van der Waals surface area contributed by atoms with Crippen LogP contribution in [0.5, 0.6) is 0 Å². The van der Waals surface area contributed by atoms with Crippen molar-refractivity contribution < 1.29 is 14.4 Å². The fraction of sp³-hybridized carbons (Fsp3) is 0.267. The summed E-state index contributed by atoms with van der Waals surface area (Å²) in [5, 5.41) is 12.3. The van der Waals surface area contributed by atoms with Gasteiger partial charge < -0.3 is 14.0 Å². The first kappa shape index (κ1) is 12.1. The Morgan fingerprint density at radius 1 is 1.38 bits per heavy atom. The summed E-state index contributed by atoms with van der Waals surface area (Å²) >= 11 is 0. The fourth-order valence-corrected chi connectivity index (χ4v) is 2.48. The Labute approximate surface area is 120 Å². The normalized spacial score (nSPS) is 14.7. The molecule has 3 heterocycles. The first-order valence-corrected chi connectivity index (χ1v) is 6.85. The minimum Gasteiger partial charge on any atom is -0.476 e. The minimum absolute atomic E-state index is 0.0789. The van der Waals surface area contributed by atoms with Crippen LogP contribution in [0.2, 0.25) is 0 Å². The van der Waals surface area contributed by atoms with Gasteiger partial charge in [0, 0.05) is 18.5 Å². The summed E-state index contributed by atoms with van der Waals surface area (Å²) in [5.41, 5.74) is 2.98. The molecule has 1 aliphatic rings. The lowest BCUT2D eigenvalue weighted by atomic mass is 10.2. The summed E-state index contributed by atoms with van der Waals surface area (Å²) in [6, 6.07) is 5.57. The number of pyridine rings is 1. The number of hydrogen-bond acceptors (Lipinski definition) is 4. The largest absolute Gasteiger partial charge is 0.476 e. The molecule has 0 atom stereocenters. The van der Waals surface area contributed by atoms with E-state index in [1.807, 2.05) is 16.7 Å². The predicted molar refractivity (Wildman–Crippen MR) is 73.4 cm³/mol. The number of imidazole rings is 1. The van der Waals surface area contributed by atoms with Crippen molar-refractivity contribution in [3.63, 3.8) is 0 Å². The average molecular weight is 283 g/mol. The van der Waals surface area contributed by atoms with E-state index in [2.05, 4.69) is 22.4 Å². The lowest BCUT2D eigenvalue weighted by Crippen LogP contribution is -1.94. The molecule has 4 rings (SSSR count). The van der Waals surface area contributed by atoms with Crippen LogP contribution in [0.3, 0.4) is 0 Å². The molecule has 0 saturated heterocycles. The quantitative estimate of drug-likeness (QED) is 0.795. The molecule has 3 aromatic heterocycles. The second-order valence-corrected chi connectivity index (χ2v) is 5.39. The van der Waals surface area contributed by atoms with Crippen molar-refractivity contribution in [3.8, 4) is 0 Å². The number of nitrogens with zero attached hydrogens (tertiary/aromatic N) is 3. The summed E-state index contributed by atoms with van der Waals surface area (Å²) in [6.07, 6.45) is 7.03. The minimum atomic E-state index is -1.09. The van der Waals surface area contributed by atoms with Crippen LogP contribution >= 0.6 is 0 Å². The summed E-state index contributed by atoms with van der Waals surface area (Å²) in [7, 11) is 0. The Morgan fingerprint density at radius 2 is 2.24 bits per heavy atom. The highest BCUT2D eigenvalue weighted by atomic mass is 16.5. The number of fused-ring (bicyclic) bond motifs is 1. The highest BCUT2D eigenvalue weighted by Crippen LogP contribution is 2.39. The maximum Gasteiger partial charge on any atom is 0.358 e. The Hall–Kier alpha value is -2.63. The monoisotopic (exact) mass is 283 g/mol. The smallest absolute Gasteiger partial charge is 0.358 e. The third-order valence-electron chi connectivity index (χ3n) is 3.71. The average Bonchev–Trinajstić information content (AvgIpc) is 3.07. The molecule has 0 unspecified atom stereocenters. The van der Waals surface area contributed by atoms with Crippen LogP contribution in [-0.4, -0.2) is 25.6 Å². The molecular weight excluding hydrogens is 270 g/mol. The molecule has 3 aromatic rings. The van der Waals surface area contributed by atoms with Gasteiger partial charge in [-0.3, -0.25) is 0 Å². The third-order valence-corrected chi connectivity index (χ3v) is 3.71. The Morgan fingerprint density at radius 3 is 2.95 bits per heavy atom. The van der Waals surface area contributed by atoms with Gasteiger partial charge in [0.05, 0.1) is 12.1 Å². The van der Waals surface area contributed by atoms with Crippen LogP contribution in [0.15, 0.2) is 35.1 Å². The van der Waals surface area contributed by atoms with Crippen molar-refractivity contribution in [2.45, 2.75) is 25.2 Å². The molecular formula is C15H13N3O3. The molecule has 6 nitrogen and oxygen atoms in total. The van der Waals surface area contributed by atoms with Gasteiger partial charge in [-0.25, -0.2) is 9.78 Å². The van der Waals surface area contributed by atoms with Gasteiger partial charge in [0.25, 0.3) is 0 Å². The van der Waals surface area contributed by atoms with Gasteiger partial charge >= 0.3 is 5.97 Å². The van der Waals surface area contributed by atoms with Crippen LogP contribution in [0, 0.1) is 0 Å². The van der Waals surface area contributed by atoms with E-state index in [9.17, 15) is 4.79 Å². The summed E-state index contributed by atoms with van der Waals surface area (Å²) in [5.74, 6) is 0.111. The zero-order chi connectivity index (χ0) is 14.4. The molecule has 21 heavy (non-hydrogen) atoms. The Bertz CT molecular complexity index is 830. The van der Waals surface area contributed by atoms with Crippen LogP contribution in [-0.2, 0) is 6.42 Å². The van der Waals surface area contributed by atoms with Gasteiger partial charge in [0.2, 0.25) is 0 Å². The van der Waals surface area contributed by atoms with E-state index in [0.717, 1.165) is 11.3 Å². The number of carboxylic acid groups (broad SMARTS) is 1. The number of carboxylic acids is 1. The van der Waals surface area contributed by atoms with Crippen LogP contribution in [0.1, 0.15) is 46.3 Å². The maximum atomic E-state index is 10.8. The fourth-order valence-electron chi connectivity index (χ4n) is 2.48. The van der Waals surface area contributed by atoms with Crippen LogP contribution in [0.4, 0.5) is 0 Å². The first-order chi connectivity index (χ1) is 10.2. The Kier molecular flexibility index (Phi) is 2.57. The molecule has 0 spiro atoms. The maximum absolute atomic E-state index is 10.8. The van der Waals surface area contributed by atoms with E-state index in [1.165, 1.54) is 24.5 Å². The van der Waals surface area contributed by atoms with Crippen molar-refractivity contribution in [3.05, 3.63) is 53.3 Å². The molecule has 0 radical (unpaired) electrons. The van der Waals surface area contributed by atoms with Crippen molar-refractivity contribution in [1.29, 1.82) is 0 Å². The standard InChI is InChI=1S/C15H13N3O3/c19-15(20)13-6-12(21-17-13)5-11-8-18-7-10(9-1-2-9)3-4-14(18)16-11/h3-4,6-9H,1-2,5H2,(H,19,20). The SMILES string of the molecule is O=C(O)c1cc(Cc2cn3cc(C4CC4)ccc3n2)on1. The molecule has 0 amide bonds. The van der Waals surface area contributed by atoms with Crippen molar-refractivity contribution >= 4 is 11.6 Å². The summed E-state index contributed by atoms with van der Waals surface area (Å²) in [6.45, 7) is 0. The van der Waals surface area contributed by atoms with E-state index < -0.39 is 5.97 Å². The predicted octanol–water partition coefficient (Wildman–Crippen LogP) is 2.49. The number of aromatic nitrogens is 3. The molecule has 106 valence electrons. The number of carbonyl (C=O) groups is 1. The number of hydrogen-bond donors (Lipinski definition) is 1. The van der Waals surface area contributed by atoms with E-state index in [0.29, 0.717) is 18.1 Å².